The average Bonchev–Trinajstić information content (AvgIpc) is 3.49. The molecule has 0 spiro atoms. The number of halogens is 1. The van der Waals surface area contributed by atoms with Crippen molar-refractivity contribution in [3.8, 4) is 11.3 Å². The van der Waals surface area contributed by atoms with Crippen LogP contribution in [0.2, 0.25) is 5.02 Å². The summed E-state index contributed by atoms with van der Waals surface area (Å²) in [6, 6.07) is 23.7. The van der Waals surface area contributed by atoms with Crippen molar-refractivity contribution in [2.75, 3.05) is 12.0 Å². The van der Waals surface area contributed by atoms with Gasteiger partial charge in [0.2, 0.25) is 0 Å². The number of methoxy groups -OCH3 is 1. The van der Waals surface area contributed by atoms with E-state index in [2.05, 4.69) is 10.3 Å². The van der Waals surface area contributed by atoms with Gasteiger partial charge in [-0.2, -0.15) is 0 Å². The number of hydrogen-bond acceptors (Lipinski definition) is 5. The molecule has 1 N–H and O–H groups in total. The van der Waals surface area contributed by atoms with Crippen LogP contribution in [-0.4, -0.2) is 23.2 Å². The average molecular weight is 490 g/mol. The third kappa shape index (κ3) is 4.16. The number of anilines is 1. The lowest BCUT2D eigenvalue weighted by Gasteiger charge is -2.26. The molecule has 2 aromatic heterocycles. The second-order valence-corrected chi connectivity index (χ2v) is 8.57. The van der Waals surface area contributed by atoms with E-state index in [1.807, 2.05) is 65.6 Å². The summed E-state index contributed by atoms with van der Waals surface area (Å²) in [6.45, 7) is 0. The highest BCUT2D eigenvalue weighted by atomic mass is 35.5. The first-order valence-corrected chi connectivity index (χ1v) is 11.4. The van der Waals surface area contributed by atoms with Gasteiger partial charge in [-0.15, -0.1) is 0 Å². The molecule has 2 atom stereocenters. The van der Waals surface area contributed by atoms with Crippen LogP contribution in [0.1, 0.15) is 33.9 Å². The summed E-state index contributed by atoms with van der Waals surface area (Å²) in [5.41, 5.74) is 2.96. The van der Waals surface area contributed by atoms with Crippen molar-refractivity contribution in [3.63, 3.8) is 0 Å². The van der Waals surface area contributed by atoms with Crippen LogP contribution < -0.4 is 10.2 Å². The summed E-state index contributed by atoms with van der Waals surface area (Å²) in [6.07, 6.45) is 1.76. The molecule has 0 saturated carbocycles. The Bertz CT molecular complexity index is 1340. The van der Waals surface area contributed by atoms with Crippen molar-refractivity contribution in [3.05, 3.63) is 107 Å². The molecule has 1 saturated heterocycles. The molecular weight excluding hydrogens is 470 g/mol. The maximum atomic E-state index is 12.0. The lowest BCUT2D eigenvalue weighted by molar-refractivity contribution is 0.0601. The molecule has 3 heterocycles. The molecule has 4 aromatic rings. The minimum atomic E-state index is -0.400. The Morgan fingerprint density at radius 2 is 1.91 bits per heavy atom. The van der Waals surface area contributed by atoms with Crippen LogP contribution in [0.25, 0.3) is 11.3 Å². The van der Waals surface area contributed by atoms with Crippen molar-refractivity contribution in [1.82, 2.24) is 10.3 Å². The molecule has 2 aromatic carbocycles. The molecule has 0 aliphatic carbocycles. The summed E-state index contributed by atoms with van der Waals surface area (Å²) >= 11 is 11.9. The molecule has 0 bridgehead atoms. The van der Waals surface area contributed by atoms with E-state index in [0.29, 0.717) is 27.2 Å². The van der Waals surface area contributed by atoms with Gasteiger partial charge in [-0.3, -0.25) is 4.98 Å². The van der Waals surface area contributed by atoms with E-state index < -0.39 is 5.97 Å². The minimum absolute atomic E-state index is 0.232. The molecule has 0 radical (unpaired) electrons. The maximum Gasteiger partial charge on any atom is 0.337 e. The van der Waals surface area contributed by atoms with Crippen molar-refractivity contribution >= 4 is 40.6 Å². The SMILES string of the molecule is COC(=O)c1cccc(-c2ccc([C@H]3[C@H](c4ccccn4)NC(=S)N3c3ccc(Cl)cc3)o2)c1. The highest BCUT2D eigenvalue weighted by Crippen LogP contribution is 2.43. The quantitative estimate of drug-likeness (QED) is 0.274. The van der Waals surface area contributed by atoms with Gasteiger partial charge in [0.1, 0.15) is 17.6 Å². The number of aromatic nitrogens is 1. The highest BCUT2D eigenvalue weighted by molar-refractivity contribution is 7.80. The van der Waals surface area contributed by atoms with Gasteiger partial charge in [-0.25, -0.2) is 4.79 Å². The first-order chi connectivity index (χ1) is 16.5. The van der Waals surface area contributed by atoms with Crippen LogP contribution in [0.4, 0.5) is 5.69 Å². The Morgan fingerprint density at radius 3 is 2.65 bits per heavy atom. The predicted octanol–water partition coefficient (Wildman–Crippen LogP) is 5.96. The molecule has 1 fully saturated rings. The summed E-state index contributed by atoms with van der Waals surface area (Å²) in [7, 11) is 1.36. The van der Waals surface area contributed by atoms with Crippen molar-refractivity contribution in [2.45, 2.75) is 12.1 Å². The molecule has 170 valence electrons. The fraction of sp³-hybridized carbons (Fsp3) is 0.115. The Hall–Kier alpha value is -3.68. The second kappa shape index (κ2) is 9.29. The zero-order valence-corrected chi connectivity index (χ0v) is 19.7. The number of esters is 1. The zero-order chi connectivity index (χ0) is 23.7. The minimum Gasteiger partial charge on any atom is -0.465 e. The zero-order valence-electron chi connectivity index (χ0n) is 18.1. The normalized spacial score (nSPS) is 17.5. The van der Waals surface area contributed by atoms with E-state index in [4.69, 9.17) is 33.0 Å². The number of benzene rings is 2. The molecule has 0 unspecified atom stereocenters. The summed E-state index contributed by atoms with van der Waals surface area (Å²) in [4.78, 5) is 18.5. The Labute approximate surface area is 207 Å². The number of pyridine rings is 1. The molecule has 8 heteroatoms. The van der Waals surface area contributed by atoms with Gasteiger partial charge in [-0.1, -0.05) is 29.8 Å². The number of nitrogens with one attached hydrogen (secondary N) is 1. The van der Waals surface area contributed by atoms with Crippen LogP contribution in [0.5, 0.6) is 0 Å². The third-order valence-corrected chi connectivity index (χ3v) is 6.26. The van der Waals surface area contributed by atoms with Crippen molar-refractivity contribution < 1.29 is 13.9 Å². The first kappa shape index (κ1) is 22.1. The van der Waals surface area contributed by atoms with Gasteiger partial charge in [0, 0.05) is 22.5 Å². The number of carbonyl (C=O) groups excluding carboxylic acids is 1. The Kier molecular flexibility index (Phi) is 6.04. The van der Waals surface area contributed by atoms with Crippen LogP contribution in [0, 0.1) is 0 Å². The van der Waals surface area contributed by atoms with Crippen LogP contribution >= 0.6 is 23.8 Å². The van der Waals surface area contributed by atoms with E-state index in [1.165, 1.54) is 7.11 Å². The lowest BCUT2D eigenvalue weighted by atomic mass is 10.0. The van der Waals surface area contributed by atoms with Gasteiger partial charge >= 0.3 is 5.97 Å². The van der Waals surface area contributed by atoms with Gasteiger partial charge in [-0.05, 0) is 72.9 Å². The Morgan fingerprint density at radius 1 is 1.09 bits per heavy atom. The number of ether oxygens (including phenoxy) is 1. The van der Waals surface area contributed by atoms with E-state index in [9.17, 15) is 4.79 Å². The molecule has 5 rings (SSSR count). The number of thiocarbonyl (C=S) groups is 1. The van der Waals surface area contributed by atoms with Gasteiger partial charge in [0.15, 0.2) is 5.11 Å². The molecule has 1 aliphatic rings. The highest BCUT2D eigenvalue weighted by Gasteiger charge is 2.42. The van der Waals surface area contributed by atoms with E-state index >= 15 is 0 Å². The first-order valence-electron chi connectivity index (χ1n) is 10.6. The largest absolute Gasteiger partial charge is 0.465 e. The number of hydrogen-bond donors (Lipinski definition) is 1. The van der Waals surface area contributed by atoms with Crippen molar-refractivity contribution in [2.24, 2.45) is 0 Å². The number of furan rings is 1. The number of rotatable bonds is 5. The van der Waals surface area contributed by atoms with Gasteiger partial charge < -0.3 is 19.4 Å². The fourth-order valence-corrected chi connectivity index (χ4v) is 4.58. The number of carbonyl (C=O) groups is 1. The van der Waals surface area contributed by atoms with Crippen molar-refractivity contribution in [1.29, 1.82) is 0 Å². The molecular formula is C26H20ClN3O3S. The standard InChI is InChI=1S/C26H20ClN3O3S/c1-32-25(31)17-6-4-5-16(15-17)21-12-13-22(33-21)24-23(20-7-2-3-14-28-20)29-26(34)30(24)19-10-8-18(27)9-11-19/h2-15,23-24H,1H3,(H,29,34)/t23-,24-/m0/s1. The Balaban J connectivity index is 1.57. The third-order valence-electron chi connectivity index (χ3n) is 5.69. The van der Waals surface area contributed by atoms with Crippen LogP contribution in [0.3, 0.4) is 0 Å². The topological polar surface area (TPSA) is 67.6 Å². The maximum absolute atomic E-state index is 12.0. The van der Waals surface area contributed by atoms with E-state index in [0.717, 1.165) is 16.9 Å². The monoisotopic (exact) mass is 489 g/mol. The molecule has 34 heavy (non-hydrogen) atoms. The smallest absolute Gasteiger partial charge is 0.337 e. The molecule has 6 nitrogen and oxygen atoms in total. The molecule has 0 amide bonds. The van der Waals surface area contributed by atoms with E-state index in [-0.39, 0.29) is 12.1 Å². The van der Waals surface area contributed by atoms with E-state index in [1.54, 1.807) is 24.4 Å². The van der Waals surface area contributed by atoms with Crippen LogP contribution in [0.15, 0.2) is 89.5 Å². The summed E-state index contributed by atoms with van der Waals surface area (Å²) < 4.78 is 11.2. The predicted molar refractivity (Wildman–Crippen MR) is 135 cm³/mol. The lowest BCUT2D eigenvalue weighted by Crippen LogP contribution is -2.29. The van der Waals surface area contributed by atoms with Gasteiger partial charge in [0.25, 0.3) is 0 Å². The molecule has 1 aliphatic heterocycles. The second-order valence-electron chi connectivity index (χ2n) is 7.75. The number of nitrogens with zero attached hydrogens (tertiary/aromatic N) is 2. The summed E-state index contributed by atoms with van der Waals surface area (Å²) in [5.74, 6) is 0.939. The van der Waals surface area contributed by atoms with Crippen LogP contribution in [-0.2, 0) is 4.74 Å². The summed E-state index contributed by atoms with van der Waals surface area (Å²) in [5, 5.41) is 4.61. The van der Waals surface area contributed by atoms with Gasteiger partial charge in [0.05, 0.1) is 24.4 Å². The fourth-order valence-electron chi connectivity index (χ4n) is 4.11.